The van der Waals surface area contributed by atoms with Crippen LogP contribution in [0.2, 0.25) is 0 Å². The van der Waals surface area contributed by atoms with Crippen molar-refractivity contribution in [1.82, 2.24) is 20.2 Å². The Hall–Kier alpha value is -0.520. The Morgan fingerprint density at radius 3 is 2.67 bits per heavy atom. The van der Waals surface area contributed by atoms with Gasteiger partial charge in [0.1, 0.15) is 0 Å². The van der Waals surface area contributed by atoms with E-state index in [0.717, 1.165) is 38.3 Å². The fourth-order valence-electron chi connectivity index (χ4n) is 1.31. The third kappa shape index (κ3) is 4.68. The lowest BCUT2D eigenvalue weighted by atomic mass is 10.3. The molecule has 0 fully saturated rings. The van der Waals surface area contributed by atoms with Crippen LogP contribution in [0.3, 0.4) is 0 Å². The van der Waals surface area contributed by atoms with Crippen LogP contribution in [0.5, 0.6) is 0 Å². The third-order valence-corrected chi connectivity index (χ3v) is 2.92. The Bertz CT molecular complexity index is 262. The molecule has 0 bridgehead atoms. The van der Waals surface area contributed by atoms with Crippen molar-refractivity contribution in [2.45, 2.75) is 33.2 Å². The number of hydrogen-bond acceptors (Lipinski definition) is 5. The van der Waals surface area contributed by atoms with Gasteiger partial charge in [0.25, 0.3) is 0 Å². The standard InChI is InChI=1S/C10H20N4S/c1-3-5-11-6-7-12-8-10-9(4-2)13-14-15-10/h11-12H,3-8H2,1-2H3. The van der Waals surface area contributed by atoms with E-state index in [4.69, 9.17) is 0 Å². The van der Waals surface area contributed by atoms with Gasteiger partial charge < -0.3 is 10.6 Å². The van der Waals surface area contributed by atoms with Gasteiger partial charge in [-0.1, -0.05) is 18.3 Å². The molecule has 0 saturated carbocycles. The van der Waals surface area contributed by atoms with E-state index < -0.39 is 0 Å². The molecule has 0 aliphatic carbocycles. The van der Waals surface area contributed by atoms with Crippen molar-refractivity contribution in [1.29, 1.82) is 0 Å². The first-order chi connectivity index (χ1) is 7.38. The zero-order valence-electron chi connectivity index (χ0n) is 9.55. The fourth-order valence-corrected chi connectivity index (χ4v) is 2.01. The van der Waals surface area contributed by atoms with E-state index in [1.165, 1.54) is 22.8 Å². The average Bonchev–Trinajstić information content (AvgIpc) is 2.70. The van der Waals surface area contributed by atoms with Crippen LogP contribution in [0.4, 0.5) is 0 Å². The first-order valence-corrected chi connectivity index (χ1v) is 6.37. The van der Waals surface area contributed by atoms with Crippen LogP contribution in [0, 0.1) is 0 Å². The van der Waals surface area contributed by atoms with Gasteiger partial charge in [-0.05, 0) is 30.9 Å². The van der Waals surface area contributed by atoms with Crippen molar-refractivity contribution in [2.24, 2.45) is 0 Å². The van der Waals surface area contributed by atoms with Crippen LogP contribution >= 0.6 is 11.5 Å². The van der Waals surface area contributed by atoms with Gasteiger partial charge in [-0.3, -0.25) is 0 Å². The Balaban J connectivity index is 2.09. The predicted molar refractivity (Wildman–Crippen MR) is 64.2 cm³/mol. The van der Waals surface area contributed by atoms with Gasteiger partial charge in [0.2, 0.25) is 0 Å². The van der Waals surface area contributed by atoms with E-state index in [0.29, 0.717) is 0 Å². The molecule has 1 rings (SSSR count). The summed E-state index contributed by atoms with van der Waals surface area (Å²) in [7, 11) is 0. The second-order valence-electron chi connectivity index (χ2n) is 3.42. The first kappa shape index (κ1) is 12.5. The molecule has 0 spiro atoms. The predicted octanol–water partition coefficient (Wildman–Crippen LogP) is 1.19. The third-order valence-electron chi connectivity index (χ3n) is 2.16. The summed E-state index contributed by atoms with van der Waals surface area (Å²) in [6.45, 7) is 8.32. The highest BCUT2D eigenvalue weighted by atomic mass is 32.1. The highest BCUT2D eigenvalue weighted by molar-refractivity contribution is 7.05. The highest BCUT2D eigenvalue weighted by Gasteiger charge is 2.04. The Kier molecular flexibility index (Phi) is 6.47. The largest absolute Gasteiger partial charge is 0.315 e. The molecule has 4 nitrogen and oxygen atoms in total. The molecule has 2 N–H and O–H groups in total. The van der Waals surface area contributed by atoms with Gasteiger partial charge in [0.05, 0.1) is 10.6 Å². The molecule has 0 saturated heterocycles. The van der Waals surface area contributed by atoms with Gasteiger partial charge in [0, 0.05) is 19.6 Å². The minimum Gasteiger partial charge on any atom is -0.315 e. The van der Waals surface area contributed by atoms with E-state index in [2.05, 4.69) is 34.1 Å². The van der Waals surface area contributed by atoms with E-state index in [-0.39, 0.29) is 0 Å². The lowest BCUT2D eigenvalue weighted by molar-refractivity contribution is 0.607. The quantitative estimate of drug-likeness (QED) is 0.656. The number of rotatable bonds is 8. The van der Waals surface area contributed by atoms with Crippen LogP contribution in [-0.4, -0.2) is 29.2 Å². The molecular weight excluding hydrogens is 208 g/mol. The molecular formula is C10H20N4S. The Morgan fingerprint density at radius 1 is 1.13 bits per heavy atom. The van der Waals surface area contributed by atoms with E-state index in [9.17, 15) is 0 Å². The van der Waals surface area contributed by atoms with Crippen LogP contribution in [-0.2, 0) is 13.0 Å². The lowest BCUT2D eigenvalue weighted by Gasteiger charge is -2.04. The Morgan fingerprint density at radius 2 is 1.93 bits per heavy atom. The summed E-state index contributed by atoms with van der Waals surface area (Å²) in [6, 6.07) is 0. The number of aromatic nitrogens is 2. The monoisotopic (exact) mass is 228 g/mol. The number of hydrogen-bond donors (Lipinski definition) is 2. The van der Waals surface area contributed by atoms with Crippen LogP contribution in [0.15, 0.2) is 0 Å². The van der Waals surface area contributed by atoms with Crippen LogP contribution < -0.4 is 10.6 Å². The molecule has 1 aromatic heterocycles. The van der Waals surface area contributed by atoms with Gasteiger partial charge in [-0.15, -0.1) is 5.10 Å². The van der Waals surface area contributed by atoms with Crippen molar-refractivity contribution >= 4 is 11.5 Å². The van der Waals surface area contributed by atoms with Crippen molar-refractivity contribution in [3.63, 3.8) is 0 Å². The molecule has 0 aliphatic heterocycles. The second kappa shape index (κ2) is 7.73. The van der Waals surface area contributed by atoms with Crippen molar-refractivity contribution < 1.29 is 0 Å². The van der Waals surface area contributed by atoms with Gasteiger partial charge >= 0.3 is 0 Å². The van der Waals surface area contributed by atoms with Crippen molar-refractivity contribution in [2.75, 3.05) is 19.6 Å². The summed E-state index contributed by atoms with van der Waals surface area (Å²) >= 11 is 1.50. The van der Waals surface area contributed by atoms with Crippen LogP contribution in [0.1, 0.15) is 30.8 Å². The molecule has 5 heteroatoms. The van der Waals surface area contributed by atoms with Gasteiger partial charge in [-0.25, -0.2) is 0 Å². The maximum Gasteiger partial charge on any atom is 0.0797 e. The molecule has 0 unspecified atom stereocenters. The molecule has 86 valence electrons. The topological polar surface area (TPSA) is 49.8 Å². The molecule has 0 atom stereocenters. The van der Waals surface area contributed by atoms with Crippen molar-refractivity contribution in [3.05, 3.63) is 10.6 Å². The SMILES string of the molecule is CCCNCCNCc1snnc1CC. The summed E-state index contributed by atoms with van der Waals surface area (Å²) in [5.74, 6) is 0. The number of aryl methyl sites for hydroxylation is 1. The molecule has 0 amide bonds. The molecule has 1 aromatic rings. The maximum atomic E-state index is 4.08. The van der Waals surface area contributed by atoms with E-state index in [1.807, 2.05) is 0 Å². The fraction of sp³-hybridized carbons (Fsp3) is 0.800. The summed E-state index contributed by atoms with van der Waals surface area (Å²) in [5, 5.41) is 10.8. The summed E-state index contributed by atoms with van der Waals surface area (Å²) < 4.78 is 3.96. The molecule has 0 aliphatic rings. The zero-order chi connectivity index (χ0) is 10.9. The molecule has 0 aromatic carbocycles. The number of nitrogens with zero attached hydrogens (tertiary/aromatic N) is 2. The minimum atomic E-state index is 0.897. The molecule has 0 radical (unpaired) electrons. The van der Waals surface area contributed by atoms with Crippen LogP contribution in [0.25, 0.3) is 0 Å². The molecule has 1 heterocycles. The van der Waals surface area contributed by atoms with Gasteiger partial charge in [-0.2, -0.15) is 0 Å². The Labute approximate surface area is 95.6 Å². The summed E-state index contributed by atoms with van der Waals surface area (Å²) in [5.41, 5.74) is 1.13. The van der Waals surface area contributed by atoms with E-state index in [1.54, 1.807) is 0 Å². The highest BCUT2D eigenvalue weighted by Crippen LogP contribution is 2.09. The number of nitrogens with one attached hydrogen (secondary N) is 2. The molecule has 15 heavy (non-hydrogen) atoms. The first-order valence-electron chi connectivity index (χ1n) is 5.60. The van der Waals surface area contributed by atoms with E-state index >= 15 is 0 Å². The normalized spacial score (nSPS) is 10.8. The maximum absolute atomic E-state index is 4.08. The second-order valence-corrected chi connectivity index (χ2v) is 4.26. The lowest BCUT2D eigenvalue weighted by Crippen LogP contribution is -2.27. The minimum absolute atomic E-state index is 0.897. The average molecular weight is 228 g/mol. The smallest absolute Gasteiger partial charge is 0.0797 e. The van der Waals surface area contributed by atoms with Gasteiger partial charge in [0.15, 0.2) is 0 Å². The summed E-state index contributed by atoms with van der Waals surface area (Å²) in [4.78, 5) is 1.27. The summed E-state index contributed by atoms with van der Waals surface area (Å²) in [6.07, 6.45) is 2.17. The van der Waals surface area contributed by atoms with Crippen molar-refractivity contribution in [3.8, 4) is 0 Å². The zero-order valence-corrected chi connectivity index (χ0v) is 10.4.